The van der Waals surface area contributed by atoms with Gasteiger partial charge in [-0.2, -0.15) is 4.68 Å². The van der Waals surface area contributed by atoms with Crippen LogP contribution in [0.3, 0.4) is 0 Å². The monoisotopic (exact) mass is 459 g/mol. The lowest BCUT2D eigenvalue weighted by molar-refractivity contribution is -0.128. The second kappa shape index (κ2) is 10.8. The van der Waals surface area contributed by atoms with Gasteiger partial charge in [0.25, 0.3) is 0 Å². The van der Waals surface area contributed by atoms with Gasteiger partial charge in [0.05, 0.1) is 18.4 Å². The van der Waals surface area contributed by atoms with Gasteiger partial charge < -0.3 is 9.64 Å². The second-order valence-electron chi connectivity index (χ2n) is 7.29. The number of carbonyl (C=O) groups excluding carboxylic acids is 1. The zero-order valence-corrected chi connectivity index (χ0v) is 19.4. The van der Waals surface area contributed by atoms with E-state index in [-0.39, 0.29) is 17.7 Å². The van der Waals surface area contributed by atoms with Gasteiger partial charge in [0.1, 0.15) is 11.4 Å². The van der Waals surface area contributed by atoms with Crippen molar-refractivity contribution in [1.29, 1.82) is 0 Å². The van der Waals surface area contributed by atoms with Crippen molar-refractivity contribution in [2.24, 2.45) is 0 Å². The van der Waals surface area contributed by atoms with Crippen LogP contribution in [0.5, 0.6) is 5.75 Å². The number of tetrazole rings is 1. The van der Waals surface area contributed by atoms with Gasteiger partial charge in [-0.15, -0.1) is 5.10 Å². The van der Waals surface area contributed by atoms with Crippen molar-refractivity contribution in [3.63, 3.8) is 0 Å². The van der Waals surface area contributed by atoms with Crippen LogP contribution in [0.4, 0.5) is 0 Å². The van der Waals surface area contributed by atoms with Gasteiger partial charge in [-0.05, 0) is 40.6 Å². The lowest BCUT2D eigenvalue weighted by Gasteiger charge is -2.29. The Morgan fingerprint density at radius 2 is 1.58 bits per heavy atom. The Bertz CT molecular complexity index is 1140. The highest BCUT2D eigenvalue weighted by Gasteiger charge is 2.24. The molecular formula is C25H25N5O2S. The Morgan fingerprint density at radius 1 is 0.970 bits per heavy atom. The predicted molar refractivity (Wildman–Crippen MR) is 129 cm³/mol. The quantitative estimate of drug-likeness (QED) is 0.346. The third-order valence-corrected chi connectivity index (χ3v) is 6.07. The lowest BCUT2D eigenvalue weighted by Crippen LogP contribution is -2.33. The molecule has 1 amide bonds. The number of nitrogens with zero attached hydrogens (tertiary/aromatic N) is 5. The van der Waals surface area contributed by atoms with E-state index in [0.717, 1.165) is 16.8 Å². The van der Waals surface area contributed by atoms with Crippen LogP contribution >= 0.6 is 11.8 Å². The molecule has 0 bridgehead atoms. The van der Waals surface area contributed by atoms with Crippen molar-refractivity contribution >= 4 is 17.7 Å². The number of ether oxygens (including phenoxy) is 1. The maximum Gasteiger partial charge on any atom is 0.233 e. The summed E-state index contributed by atoms with van der Waals surface area (Å²) in [6.45, 7) is 2.46. The standard InChI is InChI=1S/C25H25N5O2S/c1-3-32-22-17-11-10-16-21(22)30-25(26-27-28-30)33-18-23(31)29(2)24(19-12-6-4-7-13-19)20-14-8-5-9-15-20/h4-17,24H,3,18H2,1-2H3. The van der Waals surface area contributed by atoms with E-state index in [4.69, 9.17) is 4.74 Å². The first kappa shape index (κ1) is 22.5. The second-order valence-corrected chi connectivity index (χ2v) is 8.23. The highest BCUT2D eigenvalue weighted by molar-refractivity contribution is 7.99. The summed E-state index contributed by atoms with van der Waals surface area (Å²) in [5, 5.41) is 12.6. The Labute approximate surface area is 197 Å². The third-order valence-electron chi connectivity index (χ3n) is 5.17. The predicted octanol–water partition coefficient (Wildman–Crippen LogP) is 4.40. The third kappa shape index (κ3) is 5.23. The van der Waals surface area contributed by atoms with Crippen molar-refractivity contribution in [1.82, 2.24) is 25.1 Å². The van der Waals surface area contributed by atoms with Crippen LogP contribution in [0.1, 0.15) is 24.1 Å². The van der Waals surface area contributed by atoms with E-state index in [1.165, 1.54) is 11.8 Å². The minimum absolute atomic E-state index is 0.0228. The fourth-order valence-electron chi connectivity index (χ4n) is 3.61. The van der Waals surface area contributed by atoms with Crippen LogP contribution in [0.25, 0.3) is 5.69 Å². The summed E-state index contributed by atoms with van der Waals surface area (Å²) in [6, 6.07) is 27.4. The Hall–Kier alpha value is -3.65. The molecule has 0 aliphatic rings. The van der Waals surface area contributed by atoms with Crippen LogP contribution in [0, 0.1) is 0 Å². The van der Waals surface area contributed by atoms with Crippen LogP contribution in [0.2, 0.25) is 0 Å². The molecule has 0 aliphatic heterocycles. The number of rotatable bonds is 9. The number of carbonyl (C=O) groups is 1. The summed E-state index contributed by atoms with van der Waals surface area (Å²) in [5.41, 5.74) is 2.85. The Kier molecular flexibility index (Phi) is 7.36. The molecule has 0 radical (unpaired) electrons. The maximum atomic E-state index is 13.2. The molecule has 0 aliphatic carbocycles. The molecule has 4 rings (SSSR count). The van der Waals surface area contributed by atoms with E-state index in [1.54, 1.807) is 9.58 Å². The smallest absolute Gasteiger partial charge is 0.233 e. The normalized spacial score (nSPS) is 10.9. The van der Waals surface area contributed by atoms with Crippen LogP contribution in [0.15, 0.2) is 90.1 Å². The number of benzene rings is 3. The molecule has 8 heteroatoms. The average molecular weight is 460 g/mol. The van der Waals surface area contributed by atoms with Gasteiger partial charge >= 0.3 is 0 Å². The molecule has 1 heterocycles. The van der Waals surface area contributed by atoms with Gasteiger partial charge in [0.2, 0.25) is 11.1 Å². The van der Waals surface area contributed by atoms with Gasteiger partial charge in [-0.3, -0.25) is 4.79 Å². The molecule has 0 spiro atoms. The van der Waals surface area contributed by atoms with Crippen LogP contribution in [-0.4, -0.2) is 50.4 Å². The zero-order valence-electron chi connectivity index (χ0n) is 18.5. The molecule has 1 aromatic heterocycles. The van der Waals surface area contributed by atoms with Crippen molar-refractivity contribution in [2.45, 2.75) is 18.1 Å². The molecule has 0 saturated heterocycles. The summed E-state index contributed by atoms with van der Waals surface area (Å²) in [5.74, 6) is 0.861. The number of amides is 1. The van der Waals surface area contributed by atoms with Crippen molar-refractivity contribution in [2.75, 3.05) is 19.4 Å². The van der Waals surface area contributed by atoms with Crippen molar-refractivity contribution in [3.05, 3.63) is 96.1 Å². The average Bonchev–Trinajstić information content (AvgIpc) is 3.33. The number of aromatic nitrogens is 4. The number of hydrogen-bond acceptors (Lipinski definition) is 6. The van der Waals surface area contributed by atoms with E-state index in [2.05, 4.69) is 15.5 Å². The topological polar surface area (TPSA) is 73.1 Å². The number of thioether (sulfide) groups is 1. The molecule has 7 nitrogen and oxygen atoms in total. The first-order chi connectivity index (χ1) is 16.2. The molecule has 0 fully saturated rings. The van der Waals surface area contributed by atoms with E-state index in [1.807, 2.05) is 98.9 Å². The molecule has 0 saturated carbocycles. The lowest BCUT2D eigenvalue weighted by atomic mass is 9.97. The number of para-hydroxylation sites is 2. The summed E-state index contributed by atoms with van der Waals surface area (Å²) in [6.07, 6.45) is 0. The first-order valence-electron chi connectivity index (χ1n) is 10.7. The van der Waals surface area contributed by atoms with E-state index < -0.39 is 0 Å². The summed E-state index contributed by atoms with van der Waals surface area (Å²) >= 11 is 1.30. The summed E-state index contributed by atoms with van der Waals surface area (Å²) < 4.78 is 7.31. The van der Waals surface area contributed by atoms with Gasteiger partial charge in [0.15, 0.2) is 0 Å². The van der Waals surface area contributed by atoms with Gasteiger partial charge in [-0.1, -0.05) is 84.6 Å². The summed E-state index contributed by atoms with van der Waals surface area (Å²) in [4.78, 5) is 15.0. The molecule has 3 aromatic carbocycles. The first-order valence-corrected chi connectivity index (χ1v) is 11.7. The molecule has 0 unspecified atom stereocenters. The van der Waals surface area contributed by atoms with E-state index in [0.29, 0.717) is 17.5 Å². The van der Waals surface area contributed by atoms with E-state index >= 15 is 0 Å². The highest BCUT2D eigenvalue weighted by atomic mass is 32.2. The Morgan fingerprint density at radius 3 is 2.21 bits per heavy atom. The summed E-state index contributed by atoms with van der Waals surface area (Å²) in [7, 11) is 1.83. The van der Waals surface area contributed by atoms with Gasteiger partial charge in [0, 0.05) is 7.05 Å². The van der Waals surface area contributed by atoms with Crippen molar-refractivity contribution in [3.8, 4) is 11.4 Å². The molecule has 168 valence electrons. The molecule has 0 atom stereocenters. The largest absolute Gasteiger partial charge is 0.492 e. The fraction of sp³-hybridized carbons (Fsp3) is 0.200. The minimum Gasteiger partial charge on any atom is -0.492 e. The zero-order chi connectivity index (χ0) is 23.0. The Balaban J connectivity index is 1.53. The number of hydrogen-bond donors (Lipinski definition) is 0. The maximum absolute atomic E-state index is 13.2. The van der Waals surface area contributed by atoms with Crippen molar-refractivity contribution < 1.29 is 9.53 Å². The SMILES string of the molecule is CCOc1ccccc1-n1nnnc1SCC(=O)N(C)C(c1ccccc1)c1ccccc1. The fourth-order valence-corrected chi connectivity index (χ4v) is 4.42. The molecular weight excluding hydrogens is 434 g/mol. The molecule has 33 heavy (non-hydrogen) atoms. The highest BCUT2D eigenvalue weighted by Crippen LogP contribution is 2.30. The van der Waals surface area contributed by atoms with Gasteiger partial charge in [-0.25, -0.2) is 0 Å². The van der Waals surface area contributed by atoms with Crippen LogP contribution < -0.4 is 4.74 Å². The molecule has 0 N–H and O–H groups in total. The molecule has 4 aromatic rings. The van der Waals surface area contributed by atoms with Crippen LogP contribution in [-0.2, 0) is 4.79 Å². The minimum atomic E-state index is -0.185. The van der Waals surface area contributed by atoms with E-state index in [9.17, 15) is 4.79 Å².